The van der Waals surface area contributed by atoms with Crippen LogP contribution in [0, 0.1) is 0 Å². The third kappa shape index (κ3) is 3.43. The highest BCUT2D eigenvalue weighted by Gasteiger charge is 2.10. The van der Waals surface area contributed by atoms with E-state index in [1.807, 2.05) is 24.3 Å². The number of hydrogen-bond donors (Lipinski definition) is 1. The molecule has 2 aromatic carbocycles. The SMILES string of the molecule is FN(Oc1ccccc1)C(=S)Nc1ccccc1. The summed E-state index contributed by atoms with van der Waals surface area (Å²) in [6, 6.07) is 17.7. The number of halogens is 1. The first-order valence-electron chi connectivity index (χ1n) is 5.30. The molecule has 0 aliphatic carbocycles. The van der Waals surface area contributed by atoms with E-state index < -0.39 is 0 Å². The first kappa shape index (κ1) is 12.3. The molecule has 18 heavy (non-hydrogen) atoms. The molecule has 0 spiro atoms. The summed E-state index contributed by atoms with van der Waals surface area (Å²) in [7, 11) is 0. The number of nitrogens with one attached hydrogen (secondary N) is 1. The van der Waals surface area contributed by atoms with E-state index in [2.05, 4.69) is 5.32 Å². The van der Waals surface area contributed by atoms with E-state index in [0.717, 1.165) is 0 Å². The van der Waals surface area contributed by atoms with Crippen molar-refractivity contribution in [3.8, 4) is 5.75 Å². The molecular formula is C13H11FN2OS. The molecule has 3 nitrogen and oxygen atoms in total. The number of hydrogen-bond acceptors (Lipinski definition) is 2. The summed E-state index contributed by atoms with van der Waals surface area (Å²) in [5, 5.41) is 2.58. The van der Waals surface area contributed by atoms with Crippen LogP contribution in [-0.4, -0.2) is 10.4 Å². The van der Waals surface area contributed by atoms with Crippen LogP contribution in [0.25, 0.3) is 0 Å². The smallest absolute Gasteiger partial charge is 0.244 e. The molecule has 0 fully saturated rings. The summed E-state index contributed by atoms with van der Waals surface area (Å²) in [6.45, 7) is 0. The largest absolute Gasteiger partial charge is 0.348 e. The maximum Gasteiger partial charge on any atom is 0.244 e. The molecule has 92 valence electrons. The van der Waals surface area contributed by atoms with Crippen molar-refractivity contribution in [3.63, 3.8) is 0 Å². The van der Waals surface area contributed by atoms with Crippen molar-refractivity contribution in [2.75, 3.05) is 5.32 Å². The van der Waals surface area contributed by atoms with Crippen LogP contribution >= 0.6 is 12.2 Å². The van der Waals surface area contributed by atoms with Gasteiger partial charge in [0.15, 0.2) is 5.75 Å². The second-order valence-electron chi connectivity index (χ2n) is 3.45. The van der Waals surface area contributed by atoms with Crippen LogP contribution in [0.3, 0.4) is 0 Å². The van der Waals surface area contributed by atoms with Crippen LogP contribution in [0.4, 0.5) is 10.2 Å². The fraction of sp³-hybridized carbons (Fsp3) is 0. The van der Waals surface area contributed by atoms with Crippen LogP contribution in [0.1, 0.15) is 0 Å². The van der Waals surface area contributed by atoms with E-state index in [0.29, 0.717) is 11.4 Å². The zero-order chi connectivity index (χ0) is 12.8. The van der Waals surface area contributed by atoms with Crippen LogP contribution < -0.4 is 10.2 Å². The molecule has 0 amide bonds. The van der Waals surface area contributed by atoms with Gasteiger partial charge in [-0.25, -0.2) is 0 Å². The Hall–Kier alpha value is -2.14. The summed E-state index contributed by atoms with van der Waals surface area (Å²) in [5.41, 5.74) is 0.696. The fourth-order valence-electron chi connectivity index (χ4n) is 1.30. The molecule has 2 rings (SSSR count). The Morgan fingerprint density at radius 1 is 1.00 bits per heavy atom. The molecule has 0 bridgehead atoms. The Kier molecular flexibility index (Phi) is 4.09. The van der Waals surface area contributed by atoms with Gasteiger partial charge in [-0.1, -0.05) is 40.9 Å². The average Bonchev–Trinajstić information content (AvgIpc) is 2.41. The van der Waals surface area contributed by atoms with Crippen LogP contribution in [0.5, 0.6) is 5.75 Å². The summed E-state index contributed by atoms with van der Waals surface area (Å²) in [6.07, 6.45) is 0. The minimum Gasteiger partial charge on any atom is -0.348 e. The van der Waals surface area contributed by atoms with E-state index >= 15 is 0 Å². The van der Waals surface area contributed by atoms with Gasteiger partial charge in [0.2, 0.25) is 5.11 Å². The predicted octanol–water partition coefficient (Wildman–Crippen LogP) is 3.56. The molecule has 0 saturated carbocycles. The third-order valence-corrected chi connectivity index (χ3v) is 2.36. The van der Waals surface area contributed by atoms with Gasteiger partial charge >= 0.3 is 0 Å². The molecule has 0 radical (unpaired) electrons. The van der Waals surface area contributed by atoms with Gasteiger partial charge in [-0.15, -0.1) is 0 Å². The van der Waals surface area contributed by atoms with E-state index in [1.165, 1.54) is 0 Å². The Morgan fingerprint density at radius 3 is 2.17 bits per heavy atom. The summed E-state index contributed by atoms with van der Waals surface area (Å²) in [5.74, 6) is 0.372. The van der Waals surface area contributed by atoms with Gasteiger partial charge in [-0.3, -0.25) is 0 Å². The van der Waals surface area contributed by atoms with Gasteiger partial charge in [0, 0.05) is 5.69 Å². The Morgan fingerprint density at radius 2 is 1.56 bits per heavy atom. The van der Waals surface area contributed by atoms with Crippen molar-refractivity contribution in [1.29, 1.82) is 0 Å². The first-order chi connectivity index (χ1) is 8.75. The number of para-hydroxylation sites is 2. The molecule has 1 N–H and O–H groups in total. The lowest BCUT2D eigenvalue weighted by Crippen LogP contribution is -2.30. The summed E-state index contributed by atoms with van der Waals surface area (Å²) >= 11 is 4.87. The van der Waals surface area contributed by atoms with Gasteiger partial charge in [0.05, 0.1) is 0 Å². The van der Waals surface area contributed by atoms with Gasteiger partial charge in [-0.05, 0) is 41.8 Å². The van der Waals surface area contributed by atoms with Crippen molar-refractivity contribution in [2.24, 2.45) is 0 Å². The highest BCUT2D eigenvalue weighted by atomic mass is 32.1. The van der Waals surface area contributed by atoms with Gasteiger partial charge in [0.25, 0.3) is 0 Å². The van der Waals surface area contributed by atoms with Crippen molar-refractivity contribution >= 4 is 23.0 Å². The van der Waals surface area contributed by atoms with E-state index in [-0.39, 0.29) is 10.4 Å². The van der Waals surface area contributed by atoms with Crippen molar-refractivity contribution < 1.29 is 9.32 Å². The van der Waals surface area contributed by atoms with Crippen LogP contribution in [0.2, 0.25) is 0 Å². The third-order valence-electron chi connectivity index (χ3n) is 2.11. The van der Waals surface area contributed by atoms with Gasteiger partial charge in [0.1, 0.15) is 0 Å². The lowest BCUT2D eigenvalue weighted by Gasteiger charge is -2.15. The minimum absolute atomic E-state index is 0.0255. The predicted molar refractivity (Wildman–Crippen MR) is 72.7 cm³/mol. The van der Waals surface area contributed by atoms with Crippen LogP contribution in [-0.2, 0) is 0 Å². The molecule has 2 aromatic rings. The molecule has 0 unspecified atom stereocenters. The normalized spacial score (nSPS) is 9.61. The highest BCUT2D eigenvalue weighted by molar-refractivity contribution is 7.80. The molecule has 0 aromatic heterocycles. The number of rotatable bonds is 3. The zero-order valence-corrected chi connectivity index (χ0v) is 10.2. The fourth-order valence-corrected chi connectivity index (χ4v) is 1.46. The Bertz CT molecular complexity index is 507. The average molecular weight is 262 g/mol. The maximum absolute atomic E-state index is 13.6. The highest BCUT2D eigenvalue weighted by Crippen LogP contribution is 2.12. The number of hydroxylamine groups is 1. The topological polar surface area (TPSA) is 24.5 Å². The molecule has 5 heteroatoms. The first-order valence-corrected chi connectivity index (χ1v) is 5.71. The maximum atomic E-state index is 13.6. The van der Waals surface area contributed by atoms with Crippen molar-refractivity contribution in [2.45, 2.75) is 0 Å². The Labute approximate surface area is 110 Å². The quantitative estimate of drug-likeness (QED) is 0.519. The number of benzene rings is 2. The minimum atomic E-state index is -0.162. The Balaban J connectivity index is 1.93. The number of nitrogens with zero attached hydrogens (tertiary/aromatic N) is 1. The van der Waals surface area contributed by atoms with Crippen LogP contribution in [0.15, 0.2) is 60.7 Å². The van der Waals surface area contributed by atoms with Gasteiger partial charge < -0.3 is 10.2 Å². The summed E-state index contributed by atoms with van der Waals surface area (Å²) < 4.78 is 13.6. The number of thiocarbonyl (C=S) groups is 1. The van der Waals surface area contributed by atoms with Crippen molar-refractivity contribution in [1.82, 2.24) is 5.29 Å². The second-order valence-corrected chi connectivity index (χ2v) is 3.83. The molecule has 0 aliphatic heterocycles. The zero-order valence-electron chi connectivity index (χ0n) is 9.42. The summed E-state index contributed by atoms with van der Waals surface area (Å²) in [4.78, 5) is 4.91. The molecule has 0 atom stereocenters. The van der Waals surface area contributed by atoms with E-state index in [1.54, 1.807) is 36.4 Å². The van der Waals surface area contributed by atoms with E-state index in [9.17, 15) is 4.48 Å². The monoisotopic (exact) mass is 262 g/mol. The standard InChI is InChI=1S/C13H11FN2OS/c14-16(17-12-9-5-2-6-10-12)13(18)15-11-7-3-1-4-8-11/h1-10H,(H,15,18). The van der Waals surface area contributed by atoms with Gasteiger partial charge in [-0.2, -0.15) is 0 Å². The molecule has 0 saturated heterocycles. The molecule has 0 heterocycles. The van der Waals surface area contributed by atoms with E-state index in [4.69, 9.17) is 17.1 Å². The lowest BCUT2D eigenvalue weighted by atomic mass is 10.3. The van der Waals surface area contributed by atoms with Crippen molar-refractivity contribution in [3.05, 3.63) is 60.7 Å². The number of anilines is 1. The molecular weight excluding hydrogens is 251 g/mol. The lowest BCUT2D eigenvalue weighted by molar-refractivity contribution is -0.136. The molecule has 0 aliphatic rings. The second kappa shape index (κ2) is 5.97.